The Labute approximate surface area is 123 Å². The van der Waals surface area contributed by atoms with Gasteiger partial charge in [0.2, 0.25) is 0 Å². The molecule has 2 aromatic carbocycles. The average molecular weight is 349 g/mol. The molecule has 0 heterocycles. The highest BCUT2D eigenvalue weighted by molar-refractivity contribution is 9.10. The molecule has 0 amide bonds. The highest BCUT2D eigenvalue weighted by Crippen LogP contribution is 2.29. The van der Waals surface area contributed by atoms with Crippen LogP contribution in [-0.4, -0.2) is 0 Å². The summed E-state index contributed by atoms with van der Waals surface area (Å²) >= 11 is 15.3. The summed E-state index contributed by atoms with van der Waals surface area (Å²) in [5, 5.41) is 3.98. The van der Waals surface area contributed by atoms with Crippen LogP contribution in [0.3, 0.4) is 0 Å². The van der Waals surface area contributed by atoms with Crippen LogP contribution in [-0.2, 0) is 6.54 Å². The standard InChI is InChI=1S/C13H9BrCl2FN/c14-9-4-2-6-11(17)13(9)18-7-8-3-1-5-10(15)12(8)16/h1-6,18H,7H2. The monoisotopic (exact) mass is 347 g/mol. The Morgan fingerprint density at radius 1 is 1.11 bits per heavy atom. The molecule has 0 aliphatic heterocycles. The molecule has 5 heteroatoms. The topological polar surface area (TPSA) is 12.0 Å². The van der Waals surface area contributed by atoms with Crippen molar-refractivity contribution in [3.8, 4) is 0 Å². The average Bonchev–Trinajstić information content (AvgIpc) is 2.33. The van der Waals surface area contributed by atoms with Gasteiger partial charge >= 0.3 is 0 Å². The van der Waals surface area contributed by atoms with Gasteiger partial charge in [-0.2, -0.15) is 0 Å². The first-order valence-corrected chi connectivity index (χ1v) is 6.75. The maximum Gasteiger partial charge on any atom is 0.147 e. The lowest BCUT2D eigenvalue weighted by Gasteiger charge is -2.11. The highest BCUT2D eigenvalue weighted by atomic mass is 79.9. The zero-order chi connectivity index (χ0) is 13.1. The van der Waals surface area contributed by atoms with E-state index in [0.717, 1.165) is 5.56 Å². The summed E-state index contributed by atoms with van der Waals surface area (Å²) in [7, 11) is 0. The zero-order valence-electron chi connectivity index (χ0n) is 9.18. The van der Waals surface area contributed by atoms with Gasteiger partial charge in [0.1, 0.15) is 5.82 Å². The van der Waals surface area contributed by atoms with Crippen LogP contribution < -0.4 is 5.32 Å². The molecular formula is C13H9BrCl2FN. The molecule has 0 atom stereocenters. The predicted octanol–water partition coefficient (Wildman–Crippen LogP) is 5.51. The molecule has 0 saturated carbocycles. The molecule has 0 radical (unpaired) electrons. The van der Waals surface area contributed by atoms with Crippen molar-refractivity contribution in [1.82, 2.24) is 0 Å². The lowest BCUT2D eigenvalue weighted by Crippen LogP contribution is -2.02. The largest absolute Gasteiger partial charge is 0.378 e. The van der Waals surface area contributed by atoms with Gasteiger partial charge in [-0.25, -0.2) is 4.39 Å². The van der Waals surface area contributed by atoms with E-state index in [4.69, 9.17) is 23.2 Å². The van der Waals surface area contributed by atoms with Gasteiger partial charge in [0.15, 0.2) is 0 Å². The molecule has 0 saturated heterocycles. The van der Waals surface area contributed by atoms with Crippen molar-refractivity contribution in [2.75, 3.05) is 5.32 Å². The highest BCUT2D eigenvalue weighted by Gasteiger charge is 2.08. The minimum absolute atomic E-state index is 0.317. The molecule has 2 rings (SSSR count). The Morgan fingerprint density at radius 3 is 2.56 bits per heavy atom. The van der Waals surface area contributed by atoms with Gasteiger partial charge in [-0.15, -0.1) is 0 Å². The molecular weight excluding hydrogens is 340 g/mol. The van der Waals surface area contributed by atoms with Gasteiger partial charge in [0.25, 0.3) is 0 Å². The first kappa shape index (κ1) is 13.7. The molecule has 0 unspecified atom stereocenters. The maximum atomic E-state index is 13.6. The SMILES string of the molecule is Fc1cccc(Br)c1NCc1cccc(Cl)c1Cl. The Morgan fingerprint density at radius 2 is 1.83 bits per heavy atom. The Hall–Kier alpha value is -0.770. The van der Waals surface area contributed by atoms with Crippen LogP contribution in [0.5, 0.6) is 0 Å². The first-order chi connectivity index (χ1) is 8.59. The van der Waals surface area contributed by atoms with Crippen molar-refractivity contribution < 1.29 is 4.39 Å². The van der Waals surface area contributed by atoms with Gasteiger partial charge in [-0.1, -0.05) is 41.4 Å². The van der Waals surface area contributed by atoms with Crippen molar-refractivity contribution >= 4 is 44.8 Å². The van der Waals surface area contributed by atoms with E-state index >= 15 is 0 Å². The van der Waals surface area contributed by atoms with Gasteiger partial charge in [0.05, 0.1) is 15.7 Å². The molecule has 1 nitrogen and oxygen atoms in total. The van der Waals surface area contributed by atoms with E-state index in [-0.39, 0.29) is 5.82 Å². The lowest BCUT2D eigenvalue weighted by atomic mass is 10.2. The summed E-state index contributed by atoms with van der Waals surface area (Å²) < 4.78 is 14.2. The number of hydrogen-bond acceptors (Lipinski definition) is 1. The summed E-state index contributed by atoms with van der Waals surface area (Å²) in [4.78, 5) is 0. The summed E-state index contributed by atoms with van der Waals surface area (Å²) in [6.45, 7) is 0.402. The van der Waals surface area contributed by atoms with Crippen molar-refractivity contribution in [2.24, 2.45) is 0 Å². The van der Waals surface area contributed by atoms with Crippen molar-refractivity contribution in [3.05, 3.63) is 62.3 Å². The van der Waals surface area contributed by atoms with Crippen LogP contribution in [0.15, 0.2) is 40.9 Å². The molecule has 0 fully saturated rings. The van der Waals surface area contributed by atoms with Crippen molar-refractivity contribution in [1.29, 1.82) is 0 Å². The second-order valence-corrected chi connectivity index (χ2v) is 5.30. The predicted molar refractivity (Wildman–Crippen MR) is 77.9 cm³/mol. The fraction of sp³-hybridized carbons (Fsp3) is 0.0769. The Bertz CT molecular complexity index is 555. The molecule has 2 aromatic rings. The van der Waals surface area contributed by atoms with Gasteiger partial charge < -0.3 is 5.32 Å². The molecule has 0 aliphatic rings. The summed E-state index contributed by atoms with van der Waals surface area (Å²) in [5.41, 5.74) is 1.23. The number of nitrogens with one attached hydrogen (secondary N) is 1. The molecule has 0 bridgehead atoms. The quantitative estimate of drug-likeness (QED) is 0.771. The van der Waals surface area contributed by atoms with E-state index in [1.165, 1.54) is 6.07 Å². The van der Waals surface area contributed by atoms with Crippen LogP contribution in [0.2, 0.25) is 10.0 Å². The third-order valence-electron chi connectivity index (χ3n) is 2.45. The van der Waals surface area contributed by atoms with E-state index in [1.54, 1.807) is 18.2 Å². The number of hydrogen-bond donors (Lipinski definition) is 1. The van der Waals surface area contributed by atoms with Crippen LogP contribution >= 0.6 is 39.1 Å². The summed E-state index contributed by atoms with van der Waals surface area (Å²) in [5.74, 6) is -0.317. The Kier molecular flexibility index (Phi) is 4.49. The molecule has 0 spiro atoms. The van der Waals surface area contributed by atoms with E-state index in [0.29, 0.717) is 26.8 Å². The van der Waals surface area contributed by atoms with E-state index in [2.05, 4.69) is 21.2 Å². The fourth-order valence-electron chi connectivity index (χ4n) is 1.54. The normalized spacial score (nSPS) is 10.4. The number of rotatable bonds is 3. The zero-order valence-corrected chi connectivity index (χ0v) is 12.3. The van der Waals surface area contributed by atoms with Gasteiger partial charge in [-0.3, -0.25) is 0 Å². The molecule has 0 aliphatic carbocycles. The minimum Gasteiger partial charge on any atom is -0.378 e. The minimum atomic E-state index is -0.317. The third kappa shape index (κ3) is 2.97. The fourth-order valence-corrected chi connectivity index (χ4v) is 2.40. The maximum absolute atomic E-state index is 13.6. The molecule has 1 N–H and O–H groups in total. The van der Waals surface area contributed by atoms with Crippen LogP contribution in [0, 0.1) is 5.82 Å². The number of anilines is 1. The smallest absolute Gasteiger partial charge is 0.147 e. The third-order valence-corrected chi connectivity index (χ3v) is 3.97. The second-order valence-electron chi connectivity index (χ2n) is 3.66. The number of halogens is 4. The van der Waals surface area contributed by atoms with Crippen LogP contribution in [0.25, 0.3) is 0 Å². The molecule has 0 aromatic heterocycles. The van der Waals surface area contributed by atoms with E-state index < -0.39 is 0 Å². The second kappa shape index (κ2) is 5.91. The molecule has 94 valence electrons. The van der Waals surface area contributed by atoms with Crippen molar-refractivity contribution in [2.45, 2.75) is 6.54 Å². The first-order valence-electron chi connectivity index (χ1n) is 5.20. The van der Waals surface area contributed by atoms with Crippen molar-refractivity contribution in [3.63, 3.8) is 0 Å². The summed E-state index contributed by atoms with van der Waals surface area (Å²) in [6.07, 6.45) is 0. The molecule has 18 heavy (non-hydrogen) atoms. The van der Waals surface area contributed by atoms with Gasteiger partial charge in [-0.05, 0) is 39.7 Å². The van der Waals surface area contributed by atoms with Gasteiger partial charge in [0, 0.05) is 11.0 Å². The lowest BCUT2D eigenvalue weighted by molar-refractivity contribution is 0.629. The Balaban J connectivity index is 2.19. The number of benzene rings is 2. The van der Waals surface area contributed by atoms with Crippen LogP contribution in [0.1, 0.15) is 5.56 Å². The van der Waals surface area contributed by atoms with E-state index in [1.807, 2.05) is 12.1 Å². The number of para-hydroxylation sites is 1. The van der Waals surface area contributed by atoms with Crippen LogP contribution in [0.4, 0.5) is 10.1 Å². The van der Waals surface area contributed by atoms with E-state index in [9.17, 15) is 4.39 Å². The summed E-state index contributed by atoms with van der Waals surface area (Å²) in [6, 6.07) is 10.2.